The molecule has 3 rings (SSSR count). The third-order valence-electron chi connectivity index (χ3n) is 3.53. The van der Waals surface area contributed by atoms with Crippen LogP contribution in [0.15, 0.2) is 11.4 Å². The fourth-order valence-corrected chi connectivity index (χ4v) is 3.45. The standard InChI is InChI=1S/C12H16N2O2S/c15-9-5-10(13-6-9)12(16)14-3-1-11-8(7-14)2-4-17-11/h2,4,9-10,13,15H,1,3,5-7H2/t9-,10+/m1/s1. The van der Waals surface area contributed by atoms with Crippen molar-refractivity contribution < 1.29 is 9.90 Å². The summed E-state index contributed by atoms with van der Waals surface area (Å²) >= 11 is 1.78. The smallest absolute Gasteiger partial charge is 0.240 e. The van der Waals surface area contributed by atoms with Gasteiger partial charge in [0, 0.05) is 24.5 Å². The monoisotopic (exact) mass is 252 g/mol. The molecule has 4 nitrogen and oxygen atoms in total. The van der Waals surface area contributed by atoms with Crippen LogP contribution in [0, 0.1) is 0 Å². The lowest BCUT2D eigenvalue weighted by atomic mass is 10.1. The lowest BCUT2D eigenvalue weighted by Crippen LogP contribution is -2.45. The SMILES string of the molecule is O=C([C@@H]1C[C@@H](O)CN1)N1CCc2sccc2C1. The molecule has 1 amide bonds. The maximum absolute atomic E-state index is 12.2. The molecule has 5 heteroatoms. The van der Waals surface area contributed by atoms with Crippen LogP contribution in [0.1, 0.15) is 16.9 Å². The van der Waals surface area contributed by atoms with E-state index in [9.17, 15) is 9.90 Å². The predicted octanol–water partition coefficient (Wildman–Crippen LogP) is 0.356. The average Bonchev–Trinajstić information content (AvgIpc) is 2.95. The summed E-state index contributed by atoms with van der Waals surface area (Å²) in [4.78, 5) is 15.6. The number of aliphatic hydroxyl groups is 1. The molecule has 2 N–H and O–H groups in total. The molecule has 2 aliphatic rings. The van der Waals surface area contributed by atoms with Crippen molar-refractivity contribution >= 4 is 17.2 Å². The third kappa shape index (κ3) is 2.10. The maximum atomic E-state index is 12.2. The Labute approximate surface area is 104 Å². The van der Waals surface area contributed by atoms with E-state index in [0.717, 1.165) is 19.5 Å². The molecule has 2 aliphatic heterocycles. The lowest BCUT2D eigenvalue weighted by molar-refractivity contribution is -0.134. The quantitative estimate of drug-likeness (QED) is 0.758. The number of nitrogens with zero attached hydrogens (tertiary/aromatic N) is 1. The first-order valence-electron chi connectivity index (χ1n) is 5.99. The zero-order valence-corrected chi connectivity index (χ0v) is 10.4. The fraction of sp³-hybridized carbons (Fsp3) is 0.583. The van der Waals surface area contributed by atoms with Gasteiger partial charge >= 0.3 is 0 Å². The summed E-state index contributed by atoms with van der Waals surface area (Å²) in [6, 6.07) is 1.92. The normalized spacial score (nSPS) is 28.2. The van der Waals surface area contributed by atoms with Gasteiger partial charge in [0.15, 0.2) is 0 Å². The Bertz CT molecular complexity index is 432. The number of fused-ring (bicyclic) bond motifs is 1. The zero-order valence-electron chi connectivity index (χ0n) is 9.56. The van der Waals surface area contributed by atoms with E-state index in [4.69, 9.17) is 0 Å². The molecule has 2 atom stereocenters. The molecule has 1 saturated heterocycles. The Hall–Kier alpha value is -0.910. The van der Waals surface area contributed by atoms with Crippen LogP contribution in [0.4, 0.5) is 0 Å². The Morgan fingerprint density at radius 2 is 2.47 bits per heavy atom. The highest BCUT2D eigenvalue weighted by atomic mass is 32.1. The van der Waals surface area contributed by atoms with Gasteiger partial charge in [-0.25, -0.2) is 0 Å². The molecular weight excluding hydrogens is 236 g/mol. The maximum Gasteiger partial charge on any atom is 0.240 e. The summed E-state index contributed by atoms with van der Waals surface area (Å²) in [5.41, 5.74) is 1.29. The number of carbonyl (C=O) groups is 1. The van der Waals surface area contributed by atoms with Gasteiger partial charge in [0.25, 0.3) is 0 Å². The van der Waals surface area contributed by atoms with Gasteiger partial charge in [-0.1, -0.05) is 0 Å². The summed E-state index contributed by atoms with van der Waals surface area (Å²) in [7, 11) is 0. The second-order valence-corrected chi connectivity index (χ2v) is 5.73. The number of carbonyl (C=O) groups excluding carboxylic acids is 1. The first-order chi connectivity index (χ1) is 8.24. The van der Waals surface area contributed by atoms with Gasteiger partial charge in [-0.3, -0.25) is 4.79 Å². The summed E-state index contributed by atoms with van der Waals surface area (Å²) in [6.45, 7) is 2.07. The Kier molecular flexibility index (Phi) is 2.90. The van der Waals surface area contributed by atoms with Gasteiger partial charge < -0.3 is 15.3 Å². The van der Waals surface area contributed by atoms with Gasteiger partial charge in [0.1, 0.15) is 0 Å². The second kappa shape index (κ2) is 4.40. The van der Waals surface area contributed by atoms with Crippen LogP contribution in [0.3, 0.4) is 0 Å². The largest absolute Gasteiger partial charge is 0.392 e. The molecule has 1 fully saturated rings. The number of rotatable bonds is 1. The summed E-state index contributed by atoms with van der Waals surface area (Å²) in [5.74, 6) is 0.137. The van der Waals surface area contributed by atoms with Crippen molar-refractivity contribution in [3.8, 4) is 0 Å². The summed E-state index contributed by atoms with van der Waals surface area (Å²) in [5, 5.41) is 14.6. The van der Waals surface area contributed by atoms with Gasteiger partial charge in [0.05, 0.1) is 12.1 Å². The van der Waals surface area contributed by atoms with Crippen LogP contribution in [0.2, 0.25) is 0 Å². The number of thiophene rings is 1. The highest BCUT2D eigenvalue weighted by Gasteiger charge is 2.32. The molecule has 0 unspecified atom stereocenters. The number of amides is 1. The highest BCUT2D eigenvalue weighted by Crippen LogP contribution is 2.25. The van der Waals surface area contributed by atoms with E-state index < -0.39 is 0 Å². The van der Waals surface area contributed by atoms with E-state index in [0.29, 0.717) is 13.0 Å². The van der Waals surface area contributed by atoms with E-state index in [1.807, 2.05) is 4.90 Å². The minimum absolute atomic E-state index is 0.137. The first-order valence-corrected chi connectivity index (χ1v) is 6.87. The first kappa shape index (κ1) is 11.2. The van der Waals surface area contributed by atoms with Crippen molar-refractivity contribution in [1.82, 2.24) is 10.2 Å². The molecule has 0 bridgehead atoms. The van der Waals surface area contributed by atoms with Crippen LogP contribution in [-0.2, 0) is 17.8 Å². The van der Waals surface area contributed by atoms with Gasteiger partial charge in [-0.2, -0.15) is 0 Å². The van der Waals surface area contributed by atoms with E-state index >= 15 is 0 Å². The van der Waals surface area contributed by atoms with E-state index in [-0.39, 0.29) is 18.1 Å². The van der Waals surface area contributed by atoms with E-state index in [1.165, 1.54) is 10.4 Å². The topological polar surface area (TPSA) is 52.6 Å². The van der Waals surface area contributed by atoms with Crippen molar-refractivity contribution in [3.63, 3.8) is 0 Å². The van der Waals surface area contributed by atoms with Crippen molar-refractivity contribution in [2.24, 2.45) is 0 Å². The van der Waals surface area contributed by atoms with Crippen molar-refractivity contribution in [1.29, 1.82) is 0 Å². The molecule has 17 heavy (non-hydrogen) atoms. The summed E-state index contributed by atoms with van der Waals surface area (Å²) in [6.07, 6.45) is 1.14. The third-order valence-corrected chi connectivity index (χ3v) is 4.55. The van der Waals surface area contributed by atoms with Crippen LogP contribution in [0.5, 0.6) is 0 Å². The van der Waals surface area contributed by atoms with E-state index in [2.05, 4.69) is 16.8 Å². The summed E-state index contributed by atoms with van der Waals surface area (Å²) < 4.78 is 0. The van der Waals surface area contributed by atoms with Gasteiger partial charge in [0.2, 0.25) is 5.91 Å². The van der Waals surface area contributed by atoms with Crippen molar-refractivity contribution in [2.75, 3.05) is 13.1 Å². The Balaban J connectivity index is 1.68. The highest BCUT2D eigenvalue weighted by molar-refractivity contribution is 7.10. The molecule has 0 radical (unpaired) electrons. The number of aliphatic hydroxyl groups excluding tert-OH is 1. The van der Waals surface area contributed by atoms with Gasteiger partial charge in [-0.15, -0.1) is 11.3 Å². The minimum Gasteiger partial charge on any atom is -0.392 e. The van der Waals surface area contributed by atoms with Crippen molar-refractivity contribution in [3.05, 3.63) is 21.9 Å². The predicted molar refractivity (Wildman–Crippen MR) is 65.9 cm³/mol. The lowest BCUT2D eigenvalue weighted by Gasteiger charge is -2.29. The average molecular weight is 252 g/mol. The van der Waals surface area contributed by atoms with Crippen LogP contribution in [0.25, 0.3) is 0 Å². The molecule has 0 aromatic carbocycles. The van der Waals surface area contributed by atoms with Crippen molar-refractivity contribution in [2.45, 2.75) is 31.5 Å². The Morgan fingerprint density at radius 3 is 3.24 bits per heavy atom. The number of β-amino-alcohol motifs (C(OH)–C–C–N with tert-alkyl or cyclic N) is 1. The molecule has 0 saturated carbocycles. The van der Waals surface area contributed by atoms with Gasteiger partial charge in [-0.05, 0) is 29.9 Å². The molecule has 1 aromatic heterocycles. The fourth-order valence-electron chi connectivity index (χ4n) is 2.56. The molecule has 0 aliphatic carbocycles. The number of hydrogen-bond acceptors (Lipinski definition) is 4. The second-order valence-electron chi connectivity index (χ2n) is 4.73. The number of hydrogen-bond donors (Lipinski definition) is 2. The van der Waals surface area contributed by atoms with Crippen LogP contribution < -0.4 is 5.32 Å². The number of nitrogens with one attached hydrogen (secondary N) is 1. The Morgan fingerprint density at radius 1 is 1.59 bits per heavy atom. The molecule has 92 valence electrons. The van der Waals surface area contributed by atoms with Crippen LogP contribution in [-0.4, -0.2) is 41.1 Å². The molecule has 0 spiro atoms. The van der Waals surface area contributed by atoms with Crippen LogP contribution >= 0.6 is 11.3 Å². The van der Waals surface area contributed by atoms with E-state index in [1.54, 1.807) is 11.3 Å². The minimum atomic E-state index is -0.370. The molecule has 3 heterocycles. The molecular formula is C12H16N2O2S. The zero-order chi connectivity index (χ0) is 11.8. The molecule has 1 aromatic rings.